The minimum atomic E-state index is -0.132. The highest BCUT2D eigenvalue weighted by Gasteiger charge is 2.11. The molecule has 0 radical (unpaired) electrons. The Morgan fingerprint density at radius 3 is 2.25 bits per heavy atom. The first-order valence-corrected chi connectivity index (χ1v) is 9.72. The largest absolute Gasteiger partial charge is 0.348 e. The molecule has 0 atom stereocenters. The molecule has 5 nitrogen and oxygen atoms in total. The van der Waals surface area contributed by atoms with Crippen molar-refractivity contribution in [2.45, 2.75) is 32.9 Å². The normalized spacial score (nSPS) is 14.3. The number of amides is 2. The molecule has 1 aliphatic heterocycles. The van der Waals surface area contributed by atoms with Gasteiger partial charge in [0.25, 0.3) is 0 Å². The van der Waals surface area contributed by atoms with Gasteiger partial charge in [-0.25, -0.2) is 0 Å². The Morgan fingerprint density at radius 1 is 0.964 bits per heavy atom. The van der Waals surface area contributed by atoms with E-state index in [4.69, 9.17) is 0 Å². The third-order valence-electron chi connectivity index (χ3n) is 4.75. The molecule has 5 heteroatoms. The molecule has 2 amide bonds. The number of hydrogen-bond acceptors (Lipinski definition) is 3. The summed E-state index contributed by atoms with van der Waals surface area (Å²) in [4.78, 5) is 25.5. The molecule has 0 aliphatic carbocycles. The van der Waals surface area contributed by atoms with Gasteiger partial charge in [-0.1, -0.05) is 36.4 Å². The lowest BCUT2D eigenvalue weighted by Gasteiger charge is -2.14. The van der Waals surface area contributed by atoms with E-state index >= 15 is 0 Å². The highest BCUT2D eigenvalue weighted by Crippen LogP contribution is 2.13. The van der Waals surface area contributed by atoms with Crippen LogP contribution < -0.4 is 10.6 Å². The Balaban J connectivity index is 1.44. The second-order valence-corrected chi connectivity index (χ2v) is 7.15. The molecule has 0 bridgehead atoms. The van der Waals surface area contributed by atoms with Crippen molar-refractivity contribution < 1.29 is 9.59 Å². The molecule has 146 valence electrons. The molecule has 0 aromatic heterocycles. The zero-order valence-corrected chi connectivity index (χ0v) is 16.3. The Labute approximate surface area is 166 Å². The van der Waals surface area contributed by atoms with E-state index in [2.05, 4.69) is 39.8 Å². The van der Waals surface area contributed by atoms with Gasteiger partial charge in [-0.2, -0.15) is 0 Å². The van der Waals surface area contributed by atoms with Crippen molar-refractivity contribution >= 4 is 23.6 Å². The lowest BCUT2D eigenvalue weighted by molar-refractivity contribution is -0.116. The average Bonchev–Trinajstić information content (AvgIpc) is 3.19. The SMILES string of the molecule is CC(=O)Nc1ccc(/C=C/C(=O)NCc2ccc(CN3CCCC3)cc2)cc1. The molecule has 28 heavy (non-hydrogen) atoms. The zero-order chi connectivity index (χ0) is 19.8. The molecular weight excluding hydrogens is 350 g/mol. The van der Waals surface area contributed by atoms with E-state index < -0.39 is 0 Å². The third-order valence-corrected chi connectivity index (χ3v) is 4.75. The molecule has 2 N–H and O–H groups in total. The summed E-state index contributed by atoms with van der Waals surface area (Å²) in [6.45, 7) is 5.38. The summed E-state index contributed by atoms with van der Waals surface area (Å²) >= 11 is 0. The van der Waals surface area contributed by atoms with Crippen LogP contribution in [0.15, 0.2) is 54.6 Å². The smallest absolute Gasteiger partial charge is 0.244 e. The summed E-state index contributed by atoms with van der Waals surface area (Å²) < 4.78 is 0. The Morgan fingerprint density at radius 2 is 1.61 bits per heavy atom. The number of nitrogens with zero attached hydrogens (tertiary/aromatic N) is 1. The van der Waals surface area contributed by atoms with E-state index in [9.17, 15) is 9.59 Å². The van der Waals surface area contributed by atoms with Gasteiger partial charge in [0.05, 0.1) is 0 Å². The van der Waals surface area contributed by atoms with Crippen LogP contribution in [-0.2, 0) is 22.7 Å². The molecule has 1 fully saturated rings. The van der Waals surface area contributed by atoms with Crippen LogP contribution in [0.2, 0.25) is 0 Å². The molecular formula is C23H27N3O2. The third kappa shape index (κ3) is 6.35. The van der Waals surface area contributed by atoms with Crippen molar-refractivity contribution in [3.05, 3.63) is 71.3 Å². The van der Waals surface area contributed by atoms with E-state index in [0.29, 0.717) is 6.54 Å². The molecule has 0 spiro atoms. The molecule has 2 aromatic carbocycles. The summed E-state index contributed by atoms with van der Waals surface area (Å²) in [6, 6.07) is 15.8. The first-order valence-electron chi connectivity index (χ1n) is 9.72. The van der Waals surface area contributed by atoms with Crippen molar-refractivity contribution in [1.82, 2.24) is 10.2 Å². The lowest BCUT2D eigenvalue weighted by atomic mass is 10.1. The van der Waals surface area contributed by atoms with Crippen molar-refractivity contribution in [3.8, 4) is 0 Å². The molecule has 1 heterocycles. The van der Waals surface area contributed by atoms with Gasteiger partial charge >= 0.3 is 0 Å². The first-order chi connectivity index (χ1) is 13.6. The topological polar surface area (TPSA) is 61.4 Å². The standard InChI is InChI=1S/C23H27N3O2/c1-18(27)25-22-11-8-19(9-12-22)10-13-23(28)24-16-20-4-6-21(7-5-20)17-26-14-2-3-15-26/h4-13H,2-3,14-17H2,1H3,(H,24,28)(H,25,27)/b13-10+. The maximum absolute atomic E-state index is 12.0. The van der Waals surface area contributed by atoms with Crippen LogP contribution >= 0.6 is 0 Å². The fourth-order valence-corrected chi connectivity index (χ4v) is 3.26. The van der Waals surface area contributed by atoms with Crippen molar-refractivity contribution in [2.75, 3.05) is 18.4 Å². The van der Waals surface area contributed by atoms with Crippen molar-refractivity contribution in [1.29, 1.82) is 0 Å². The Bertz CT molecular complexity index is 820. The summed E-state index contributed by atoms with van der Waals surface area (Å²) in [5, 5.41) is 5.62. The summed E-state index contributed by atoms with van der Waals surface area (Å²) in [6.07, 6.45) is 5.88. The van der Waals surface area contributed by atoms with E-state index in [1.165, 1.54) is 44.5 Å². The van der Waals surface area contributed by atoms with Crippen molar-refractivity contribution in [2.24, 2.45) is 0 Å². The van der Waals surface area contributed by atoms with Crippen LogP contribution in [0.25, 0.3) is 6.08 Å². The van der Waals surface area contributed by atoms with E-state index in [1.807, 2.05) is 24.3 Å². The van der Waals surface area contributed by atoms with Crippen LogP contribution in [0.5, 0.6) is 0 Å². The monoisotopic (exact) mass is 377 g/mol. The lowest BCUT2D eigenvalue weighted by Crippen LogP contribution is -2.20. The average molecular weight is 377 g/mol. The predicted octanol–water partition coefficient (Wildman–Crippen LogP) is 3.57. The molecule has 1 saturated heterocycles. The van der Waals surface area contributed by atoms with Crippen LogP contribution in [-0.4, -0.2) is 29.8 Å². The van der Waals surface area contributed by atoms with E-state index in [-0.39, 0.29) is 11.8 Å². The second-order valence-electron chi connectivity index (χ2n) is 7.15. The second kappa shape index (κ2) is 9.85. The number of benzene rings is 2. The number of likely N-dealkylation sites (tertiary alicyclic amines) is 1. The predicted molar refractivity (Wildman–Crippen MR) is 113 cm³/mol. The fraction of sp³-hybridized carbons (Fsp3) is 0.304. The first kappa shape index (κ1) is 19.8. The van der Waals surface area contributed by atoms with Crippen LogP contribution in [0.4, 0.5) is 5.69 Å². The number of carbonyl (C=O) groups is 2. The van der Waals surface area contributed by atoms with Gasteiger partial charge in [-0.3, -0.25) is 14.5 Å². The molecule has 3 rings (SSSR count). The summed E-state index contributed by atoms with van der Waals surface area (Å²) in [5.74, 6) is -0.237. The molecule has 0 unspecified atom stereocenters. The zero-order valence-electron chi connectivity index (χ0n) is 16.3. The number of rotatable bonds is 7. The Kier molecular flexibility index (Phi) is 6.98. The highest BCUT2D eigenvalue weighted by molar-refractivity contribution is 5.92. The van der Waals surface area contributed by atoms with Crippen LogP contribution in [0, 0.1) is 0 Å². The van der Waals surface area contributed by atoms with Gasteiger partial charge < -0.3 is 10.6 Å². The maximum atomic E-state index is 12.0. The summed E-state index contributed by atoms with van der Waals surface area (Å²) in [5.41, 5.74) is 4.05. The number of carbonyl (C=O) groups excluding carboxylic acids is 2. The van der Waals surface area contributed by atoms with Crippen LogP contribution in [0.3, 0.4) is 0 Å². The fourth-order valence-electron chi connectivity index (χ4n) is 3.26. The molecule has 1 aliphatic rings. The van der Waals surface area contributed by atoms with Crippen LogP contribution in [0.1, 0.15) is 36.5 Å². The molecule has 0 saturated carbocycles. The van der Waals surface area contributed by atoms with Gasteiger partial charge in [-0.15, -0.1) is 0 Å². The number of hydrogen-bond donors (Lipinski definition) is 2. The number of nitrogens with one attached hydrogen (secondary N) is 2. The van der Waals surface area contributed by atoms with Gasteiger partial charge in [0.2, 0.25) is 11.8 Å². The number of anilines is 1. The molecule has 2 aromatic rings. The van der Waals surface area contributed by atoms with E-state index in [0.717, 1.165) is 23.4 Å². The summed E-state index contributed by atoms with van der Waals surface area (Å²) in [7, 11) is 0. The quantitative estimate of drug-likeness (QED) is 0.725. The van der Waals surface area contributed by atoms with Gasteiger partial charge in [-0.05, 0) is 60.8 Å². The minimum Gasteiger partial charge on any atom is -0.348 e. The van der Waals surface area contributed by atoms with Crippen molar-refractivity contribution in [3.63, 3.8) is 0 Å². The maximum Gasteiger partial charge on any atom is 0.244 e. The Hall–Kier alpha value is -2.92. The van der Waals surface area contributed by atoms with Gasteiger partial charge in [0, 0.05) is 31.8 Å². The minimum absolute atomic E-state index is 0.105. The highest BCUT2D eigenvalue weighted by atomic mass is 16.2. The van der Waals surface area contributed by atoms with E-state index in [1.54, 1.807) is 6.08 Å². The van der Waals surface area contributed by atoms with Gasteiger partial charge in [0.1, 0.15) is 0 Å². The van der Waals surface area contributed by atoms with Gasteiger partial charge in [0.15, 0.2) is 0 Å².